The normalized spacial score (nSPS) is 14.1. The summed E-state index contributed by atoms with van der Waals surface area (Å²) in [7, 11) is 0. The van der Waals surface area contributed by atoms with Gasteiger partial charge in [-0.2, -0.15) is 0 Å². The van der Waals surface area contributed by atoms with Gasteiger partial charge in [-0.25, -0.2) is 4.98 Å². The summed E-state index contributed by atoms with van der Waals surface area (Å²) in [6.45, 7) is 0.117. The van der Waals surface area contributed by atoms with Crippen LogP contribution in [0.3, 0.4) is 0 Å². The Morgan fingerprint density at radius 2 is 2.16 bits per heavy atom. The Labute approximate surface area is 108 Å². The van der Waals surface area contributed by atoms with Crippen LogP contribution in [0.5, 0.6) is 0 Å². The predicted molar refractivity (Wildman–Crippen MR) is 63.8 cm³/mol. The fourth-order valence-corrected chi connectivity index (χ4v) is 1.82. The molecule has 0 aliphatic heterocycles. The number of amides is 1. The average molecular weight is 267 g/mol. The molecule has 102 valence electrons. The van der Waals surface area contributed by atoms with Crippen LogP contribution >= 0.6 is 0 Å². The molecule has 1 aliphatic carbocycles. The first-order valence-corrected chi connectivity index (χ1v) is 5.85. The van der Waals surface area contributed by atoms with E-state index in [0.29, 0.717) is 0 Å². The van der Waals surface area contributed by atoms with Crippen molar-refractivity contribution in [3.05, 3.63) is 27.9 Å². The van der Waals surface area contributed by atoms with Gasteiger partial charge in [-0.05, 0) is 23.8 Å². The minimum Gasteiger partial charge on any atom is -0.481 e. The molecular formula is C11H13N3O5. The lowest BCUT2D eigenvalue weighted by atomic mass is 10.3. The van der Waals surface area contributed by atoms with E-state index in [4.69, 9.17) is 5.11 Å². The zero-order valence-electron chi connectivity index (χ0n) is 10.0. The first kappa shape index (κ1) is 13.1. The molecule has 1 saturated carbocycles. The second kappa shape index (κ2) is 5.09. The Bertz CT molecular complexity index is 520. The molecular weight excluding hydrogens is 254 g/mol. The summed E-state index contributed by atoms with van der Waals surface area (Å²) >= 11 is 0. The number of nitro groups is 1. The number of aromatic amines is 1. The molecule has 2 rings (SSSR count). The molecule has 19 heavy (non-hydrogen) atoms. The maximum Gasteiger partial charge on any atom is 0.321 e. The maximum atomic E-state index is 12.2. The molecule has 1 heterocycles. The van der Waals surface area contributed by atoms with Gasteiger partial charge in [-0.3, -0.25) is 9.59 Å². The molecule has 1 aromatic heterocycles. The summed E-state index contributed by atoms with van der Waals surface area (Å²) in [6, 6.07) is 2.61. The first-order chi connectivity index (χ1) is 8.99. The summed E-state index contributed by atoms with van der Waals surface area (Å²) in [5.41, 5.74) is 0.115. The molecule has 1 fully saturated rings. The average Bonchev–Trinajstić information content (AvgIpc) is 3.05. The number of carboxylic acids is 1. The van der Waals surface area contributed by atoms with E-state index in [1.165, 1.54) is 17.0 Å². The largest absolute Gasteiger partial charge is 0.481 e. The topological polar surface area (TPSA) is 117 Å². The number of rotatable bonds is 6. The summed E-state index contributed by atoms with van der Waals surface area (Å²) in [6.07, 6.45) is 1.55. The van der Waals surface area contributed by atoms with Gasteiger partial charge in [0, 0.05) is 18.7 Å². The lowest BCUT2D eigenvalue weighted by Crippen LogP contribution is -2.35. The lowest BCUT2D eigenvalue weighted by molar-refractivity contribution is -0.389. The first-order valence-electron chi connectivity index (χ1n) is 5.85. The van der Waals surface area contributed by atoms with Crippen molar-refractivity contribution in [2.75, 3.05) is 6.54 Å². The third-order valence-corrected chi connectivity index (χ3v) is 2.91. The van der Waals surface area contributed by atoms with Crippen molar-refractivity contribution in [3.63, 3.8) is 0 Å². The predicted octanol–water partition coefficient (Wildman–Crippen LogP) is 1.00. The van der Waals surface area contributed by atoms with Crippen LogP contribution in [0, 0.1) is 10.1 Å². The van der Waals surface area contributed by atoms with Crippen molar-refractivity contribution in [2.45, 2.75) is 25.3 Å². The van der Waals surface area contributed by atoms with E-state index in [1.54, 1.807) is 0 Å². The van der Waals surface area contributed by atoms with Crippen molar-refractivity contribution in [1.82, 2.24) is 9.88 Å². The Hall–Kier alpha value is -2.38. The van der Waals surface area contributed by atoms with Gasteiger partial charge < -0.3 is 20.1 Å². The van der Waals surface area contributed by atoms with E-state index in [2.05, 4.69) is 4.98 Å². The van der Waals surface area contributed by atoms with E-state index in [-0.39, 0.29) is 30.5 Å². The van der Waals surface area contributed by atoms with Crippen molar-refractivity contribution < 1.29 is 19.6 Å². The fourth-order valence-electron chi connectivity index (χ4n) is 1.82. The molecule has 0 radical (unpaired) electrons. The highest BCUT2D eigenvalue weighted by molar-refractivity contribution is 5.93. The molecule has 1 aliphatic rings. The van der Waals surface area contributed by atoms with Gasteiger partial charge in [0.1, 0.15) is 0 Å². The highest BCUT2D eigenvalue weighted by Gasteiger charge is 2.34. The highest BCUT2D eigenvalue weighted by Crippen LogP contribution is 2.28. The van der Waals surface area contributed by atoms with Gasteiger partial charge >= 0.3 is 11.8 Å². The molecule has 2 N–H and O–H groups in total. The van der Waals surface area contributed by atoms with Crippen LogP contribution in [-0.4, -0.2) is 44.4 Å². The number of carbonyl (C=O) groups is 2. The van der Waals surface area contributed by atoms with Crippen LogP contribution < -0.4 is 0 Å². The van der Waals surface area contributed by atoms with E-state index in [0.717, 1.165) is 12.8 Å². The number of nitrogens with zero attached hydrogens (tertiary/aromatic N) is 2. The van der Waals surface area contributed by atoms with E-state index in [1.807, 2.05) is 0 Å². The zero-order valence-corrected chi connectivity index (χ0v) is 10.0. The fraction of sp³-hybridized carbons (Fsp3) is 0.455. The third-order valence-electron chi connectivity index (χ3n) is 2.91. The van der Waals surface area contributed by atoms with Crippen LogP contribution in [0.15, 0.2) is 12.1 Å². The Balaban J connectivity index is 2.09. The molecule has 0 saturated heterocycles. The quantitative estimate of drug-likeness (QED) is 0.589. The van der Waals surface area contributed by atoms with Crippen LogP contribution in [0.4, 0.5) is 5.82 Å². The number of hydrogen-bond acceptors (Lipinski definition) is 4. The summed E-state index contributed by atoms with van der Waals surface area (Å²) in [4.78, 5) is 36.5. The molecule has 0 aromatic carbocycles. The molecule has 0 bridgehead atoms. The van der Waals surface area contributed by atoms with Crippen molar-refractivity contribution >= 4 is 17.7 Å². The van der Waals surface area contributed by atoms with Crippen LogP contribution in [0.2, 0.25) is 0 Å². The molecule has 8 heteroatoms. The lowest BCUT2D eigenvalue weighted by Gasteiger charge is -2.19. The van der Waals surface area contributed by atoms with Gasteiger partial charge in [-0.15, -0.1) is 0 Å². The van der Waals surface area contributed by atoms with Gasteiger partial charge in [0.15, 0.2) is 5.69 Å². The maximum absolute atomic E-state index is 12.2. The van der Waals surface area contributed by atoms with Crippen LogP contribution in [0.25, 0.3) is 0 Å². The Morgan fingerprint density at radius 1 is 1.47 bits per heavy atom. The highest BCUT2D eigenvalue weighted by atomic mass is 16.6. The van der Waals surface area contributed by atoms with E-state index < -0.39 is 16.8 Å². The summed E-state index contributed by atoms with van der Waals surface area (Å²) < 4.78 is 0. The SMILES string of the molecule is O=C(O)CCN(C(=O)c1ccc([N+](=O)[O-])[nH]1)C1CC1. The second-order valence-corrected chi connectivity index (χ2v) is 4.39. The molecule has 1 amide bonds. The molecule has 0 atom stereocenters. The standard InChI is InChI=1S/C11H13N3O5/c15-10(16)5-6-13(7-1-2-7)11(17)8-3-4-9(12-8)14(18)19/h3-4,7,12H,1-2,5-6H2,(H,15,16). The number of hydrogen-bond donors (Lipinski definition) is 2. The number of aromatic nitrogens is 1. The smallest absolute Gasteiger partial charge is 0.321 e. The number of nitrogens with one attached hydrogen (secondary N) is 1. The summed E-state index contributed by atoms with van der Waals surface area (Å²) in [5, 5.41) is 19.2. The van der Waals surface area contributed by atoms with Gasteiger partial charge in [0.05, 0.1) is 6.42 Å². The van der Waals surface area contributed by atoms with Gasteiger partial charge in [0.25, 0.3) is 5.91 Å². The minimum absolute atomic E-state index is 0.0502. The van der Waals surface area contributed by atoms with Crippen molar-refractivity contribution in [2.24, 2.45) is 0 Å². The minimum atomic E-state index is -0.976. The van der Waals surface area contributed by atoms with Gasteiger partial charge in [0.2, 0.25) is 0 Å². The van der Waals surface area contributed by atoms with Crippen molar-refractivity contribution in [3.8, 4) is 0 Å². The Morgan fingerprint density at radius 3 is 2.63 bits per heavy atom. The van der Waals surface area contributed by atoms with Crippen molar-refractivity contribution in [1.29, 1.82) is 0 Å². The van der Waals surface area contributed by atoms with E-state index >= 15 is 0 Å². The number of carbonyl (C=O) groups excluding carboxylic acids is 1. The molecule has 0 spiro atoms. The second-order valence-electron chi connectivity index (χ2n) is 4.39. The number of carboxylic acid groups (broad SMARTS) is 1. The summed E-state index contributed by atoms with van der Waals surface area (Å²) in [5.74, 6) is -1.62. The molecule has 8 nitrogen and oxygen atoms in total. The number of aliphatic carboxylic acids is 1. The molecule has 1 aromatic rings. The Kier molecular flexibility index (Phi) is 3.50. The molecule has 0 unspecified atom stereocenters. The third kappa shape index (κ3) is 3.09. The van der Waals surface area contributed by atoms with Gasteiger partial charge in [-0.1, -0.05) is 0 Å². The van der Waals surface area contributed by atoms with Crippen LogP contribution in [0.1, 0.15) is 29.8 Å². The zero-order chi connectivity index (χ0) is 14.0. The number of H-pyrrole nitrogens is 1. The van der Waals surface area contributed by atoms with E-state index in [9.17, 15) is 19.7 Å². The monoisotopic (exact) mass is 267 g/mol. The van der Waals surface area contributed by atoms with Crippen LogP contribution in [-0.2, 0) is 4.79 Å².